The number of piperidine rings is 1. The number of likely N-dealkylation sites (tertiary alicyclic amines) is 2. The van der Waals surface area contributed by atoms with Crippen LogP contribution in [0.4, 0.5) is 0 Å². The molecular weight excluding hydrogens is 314 g/mol. The average Bonchev–Trinajstić information content (AvgIpc) is 3.04. The molecule has 2 heterocycles. The summed E-state index contributed by atoms with van der Waals surface area (Å²) in [5.41, 5.74) is 7.52. The number of amides is 2. The van der Waals surface area contributed by atoms with Crippen LogP contribution in [0.3, 0.4) is 0 Å². The Morgan fingerprint density at radius 2 is 1.92 bits per heavy atom. The van der Waals surface area contributed by atoms with Gasteiger partial charge in [-0.25, -0.2) is 0 Å². The third-order valence-electron chi connectivity index (χ3n) is 5.48. The lowest BCUT2D eigenvalue weighted by Gasteiger charge is -2.37. The quantitative estimate of drug-likeness (QED) is 0.911. The van der Waals surface area contributed by atoms with Crippen molar-refractivity contribution in [1.29, 1.82) is 0 Å². The Labute approximate surface area is 150 Å². The molecule has 0 bridgehead atoms. The number of carbonyl (C=O) groups is 2. The van der Waals surface area contributed by atoms with Crippen molar-refractivity contribution in [3.05, 3.63) is 35.9 Å². The van der Waals surface area contributed by atoms with Crippen molar-refractivity contribution in [2.75, 3.05) is 19.6 Å². The Morgan fingerprint density at radius 3 is 2.64 bits per heavy atom. The van der Waals surface area contributed by atoms with Gasteiger partial charge in [0.2, 0.25) is 11.8 Å². The highest BCUT2D eigenvalue weighted by Crippen LogP contribution is 2.29. The van der Waals surface area contributed by atoms with Crippen LogP contribution in [0, 0.1) is 0 Å². The Morgan fingerprint density at radius 1 is 1.16 bits per heavy atom. The molecule has 136 valence electrons. The summed E-state index contributed by atoms with van der Waals surface area (Å²) in [7, 11) is 0. The van der Waals surface area contributed by atoms with Crippen LogP contribution in [0.2, 0.25) is 0 Å². The van der Waals surface area contributed by atoms with Crippen LogP contribution >= 0.6 is 0 Å². The molecule has 25 heavy (non-hydrogen) atoms. The summed E-state index contributed by atoms with van der Waals surface area (Å²) in [6.45, 7) is 3.93. The molecule has 2 N–H and O–H groups in total. The molecule has 1 aromatic rings. The number of nitrogens with zero attached hydrogens (tertiary/aromatic N) is 2. The molecule has 2 aliphatic rings. The maximum Gasteiger partial charge on any atom is 0.245 e. The Bertz CT molecular complexity index is 604. The monoisotopic (exact) mass is 343 g/mol. The first-order valence-corrected chi connectivity index (χ1v) is 9.50. The fraction of sp³-hybridized carbons (Fsp3) is 0.600. The van der Waals surface area contributed by atoms with Crippen LogP contribution in [-0.4, -0.2) is 53.3 Å². The topological polar surface area (TPSA) is 66.6 Å². The van der Waals surface area contributed by atoms with Crippen molar-refractivity contribution in [3.8, 4) is 0 Å². The van der Waals surface area contributed by atoms with Gasteiger partial charge in [0.05, 0.1) is 0 Å². The Balaban J connectivity index is 1.70. The van der Waals surface area contributed by atoms with E-state index in [1.54, 1.807) is 0 Å². The van der Waals surface area contributed by atoms with Gasteiger partial charge in [-0.1, -0.05) is 37.3 Å². The van der Waals surface area contributed by atoms with Crippen molar-refractivity contribution >= 4 is 11.8 Å². The van der Waals surface area contributed by atoms with E-state index in [0.717, 1.165) is 25.7 Å². The first-order valence-electron chi connectivity index (χ1n) is 9.50. The highest BCUT2D eigenvalue weighted by molar-refractivity contribution is 5.88. The highest BCUT2D eigenvalue weighted by Gasteiger charge is 2.39. The van der Waals surface area contributed by atoms with Gasteiger partial charge in [-0.15, -0.1) is 0 Å². The molecule has 1 aromatic carbocycles. The maximum absolute atomic E-state index is 13.1. The average molecular weight is 343 g/mol. The summed E-state index contributed by atoms with van der Waals surface area (Å²) in [5.74, 6) is 0.371. The van der Waals surface area contributed by atoms with Crippen molar-refractivity contribution in [2.24, 2.45) is 5.73 Å². The van der Waals surface area contributed by atoms with Gasteiger partial charge in [0.15, 0.2) is 0 Å². The molecule has 0 radical (unpaired) electrons. The molecule has 0 saturated carbocycles. The second-order valence-corrected chi connectivity index (χ2v) is 7.27. The maximum atomic E-state index is 13.1. The minimum atomic E-state index is -0.297. The number of nitrogens with two attached hydrogens (primary N) is 1. The fourth-order valence-electron chi connectivity index (χ4n) is 4.12. The number of hydrogen-bond donors (Lipinski definition) is 1. The van der Waals surface area contributed by atoms with Crippen LogP contribution < -0.4 is 5.73 Å². The van der Waals surface area contributed by atoms with Crippen LogP contribution in [-0.2, 0) is 9.59 Å². The zero-order valence-electron chi connectivity index (χ0n) is 15.1. The highest BCUT2D eigenvalue weighted by atomic mass is 16.2. The second kappa shape index (κ2) is 8.00. The summed E-state index contributed by atoms with van der Waals surface area (Å²) >= 11 is 0. The Hall–Kier alpha value is -1.88. The number of hydrogen-bond acceptors (Lipinski definition) is 3. The van der Waals surface area contributed by atoms with Gasteiger partial charge in [-0.2, -0.15) is 0 Å². The van der Waals surface area contributed by atoms with Gasteiger partial charge >= 0.3 is 0 Å². The van der Waals surface area contributed by atoms with Gasteiger partial charge in [-0.05, 0) is 31.2 Å². The molecule has 2 aliphatic heterocycles. The minimum absolute atomic E-state index is 0.0465. The zero-order valence-corrected chi connectivity index (χ0v) is 15.1. The number of carbonyl (C=O) groups excluding carboxylic acids is 2. The molecule has 0 spiro atoms. The third kappa shape index (κ3) is 3.87. The molecule has 1 unspecified atom stereocenters. The van der Waals surface area contributed by atoms with E-state index in [1.165, 1.54) is 5.56 Å². The molecular formula is C20H29N3O2. The largest absolute Gasteiger partial charge is 0.339 e. The van der Waals surface area contributed by atoms with E-state index in [0.29, 0.717) is 26.1 Å². The first-order chi connectivity index (χ1) is 12.1. The number of rotatable bonds is 4. The third-order valence-corrected chi connectivity index (χ3v) is 5.48. The molecule has 0 aromatic heterocycles. The van der Waals surface area contributed by atoms with Crippen molar-refractivity contribution < 1.29 is 9.59 Å². The lowest BCUT2D eigenvalue weighted by atomic mass is 9.95. The summed E-state index contributed by atoms with van der Waals surface area (Å²) in [5, 5.41) is 0. The molecule has 0 aliphatic carbocycles. The van der Waals surface area contributed by atoms with E-state index >= 15 is 0 Å². The Kier molecular flexibility index (Phi) is 5.74. The first kappa shape index (κ1) is 17.9. The van der Waals surface area contributed by atoms with Crippen LogP contribution in [0.15, 0.2) is 30.3 Å². The van der Waals surface area contributed by atoms with Gasteiger partial charge in [0, 0.05) is 38.0 Å². The molecule has 3 rings (SSSR count). The van der Waals surface area contributed by atoms with Crippen LogP contribution in [0.5, 0.6) is 0 Å². The minimum Gasteiger partial charge on any atom is -0.339 e. The zero-order chi connectivity index (χ0) is 17.8. The normalized spacial score (nSPS) is 26.7. The molecule has 5 heteroatoms. The van der Waals surface area contributed by atoms with Gasteiger partial charge < -0.3 is 15.5 Å². The summed E-state index contributed by atoms with van der Waals surface area (Å²) in [6, 6.07) is 9.83. The van der Waals surface area contributed by atoms with E-state index < -0.39 is 0 Å². The van der Waals surface area contributed by atoms with Gasteiger partial charge in [-0.3, -0.25) is 9.59 Å². The van der Waals surface area contributed by atoms with E-state index in [-0.39, 0.29) is 29.8 Å². The molecule has 2 fully saturated rings. The fourth-order valence-corrected chi connectivity index (χ4v) is 4.12. The van der Waals surface area contributed by atoms with Crippen molar-refractivity contribution in [2.45, 2.75) is 57.0 Å². The predicted molar refractivity (Wildman–Crippen MR) is 98.0 cm³/mol. The van der Waals surface area contributed by atoms with Crippen molar-refractivity contribution in [3.63, 3.8) is 0 Å². The molecule has 3 atom stereocenters. The predicted octanol–water partition coefficient (Wildman–Crippen LogP) is 2.12. The van der Waals surface area contributed by atoms with Crippen LogP contribution in [0.25, 0.3) is 0 Å². The van der Waals surface area contributed by atoms with Gasteiger partial charge in [0.1, 0.15) is 6.04 Å². The van der Waals surface area contributed by atoms with E-state index in [1.807, 2.05) is 34.9 Å². The van der Waals surface area contributed by atoms with E-state index in [9.17, 15) is 9.59 Å². The number of benzene rings is 1. The second-order valence-electron chi connectivity index (χ2n) is 7.27. The van der Waals surface area contributed by atoms with Crippen LogP contribution in [0.1, 0.15) is 50.5 Å². The van der Waals surface area contributed by atoms with Crippen molar-refractivity contribution in [1.82, 2.24) is 9.80 Å². The molecule has 2 amide bonds. The summed E-state index contributed by atoms with van der Waals surface area (Å²) < 4.78 is 0. The van der Waals surface area contributed by atoms with Gasteiger partial charge in [0.25, 0.3) is 0 Å². The standard InChI is InChI=1S/C20H29N3O2/c1-2-8-19(24)23-12-7-6-11-18(23)20(25)22-13-16(17(21)14-22)15-9-4-3-5-10-15/h3-5,9-10,16-18H,2,6-8,11-14,21H2,1H3/t16-,17+,18?/m0/s1. The molecule has 2 saturated heterocycles. The summed E-state index contributed by atoms with van der Waals surface area (Å²) in [6.07, 6.45) is 4.12. The summed E-state index contributed by atoms with van der Waals surface area (Å²) in [4.78, 5) is 29.2. The lowest BCUT2D eigenvalue weighted by molar-refractivity contribution is -0.147. The van der Waals surface area contributed by atoms with E-state index in [2.05, 4.69) is 12.1 Å². The smallest absolute Gasteiger partial charge is 0.245 e. The van der Waals surface area contributed by atoms with E-state index in [4.69, 9.17) is 5.73 Å². The lowest BCUT2D eigenvalue weighted by Crippen LogP contribution is -2.52. The SMILES string of the molecule is CCCC(=O)N1CCCCC1C(=O)N1C[C@@H](N)[C@H](c2ccccc2)C1. The molecule has 5 nitrogen and oxygen atoms in total.